The predicted molar refractivity (Wildman–Crippen MR) is 67.8 cm³/mol. The van der Waals surface area contributed by atoms with Crippen LogP contribution in [0.4, 0.5) is 5.69 Å². The number of halogens is 1. The Balaban J connectivity index is 2.07. The van der Waals surface area contributed by atoms with Crippen LogP contribution in [0.3, 0.4) is 0 Å². The SMILES string of the molecule is O=C(O)c1ccc(NCc2ccncn2)cc1Cl. The third kappa shape index (κ3) is 2.95. The Hall–Kier alpha value is -2.14. The van der Waals surface area contributed by atoms with Crippen molar-refractivity contribution >= 4 is 23.3 Å². The van der Waals surface area contributed by atoms with Gasteiger partial charge in [0.25, 0.3) is 0 Å². The summed E-state index contributed by atoms with van der Waals surface area (Å²) >= 11 is 5.86. The molecule has 0 bridgehead atoms. The third-order valence-electron chi connectivity index (χ3n) is 2.32. The minimum atomic E-state index is -1.04. The molecule has 1 aromatic carbocycles. The highest BCUT2D eigenvalue weighted by Gasteiger charge is 2.08. The highest BCUT2D eigenvalue weighted by atomic mass is 35.5. The number of anilines is 1. The summed E-state index contributed by atoms with van der Waals surface area (Å²) in [5, 5.41) is 12.1. The van der Waals surface area contributed by atoms with Crippen molar-refractivity contribution in [1.82, 2.24) is 9.97 Å². The molecule has 0 saturated heterocycles. The molecule has 0 radical (unpaired) electrons. The van der Waals surface area contributed by atoms with E-state index in [0.29, 0.717) is 6.54 Å². The maximum atomic E-state index is 10.8. The Labute approximate surface area is 108 Å². The van der Waals surface area contributed by atoms with E-state index in [1.54, 1.807) is 24.4 Å². The summed E-state index contributed by atoms with van der Waals surface area (Å²) in [6.45, 7) is 0.519. The summed E-state index contributed by atoms with van der Waals surface area (Å²) in [5.41, 5.74) is 1.66. The molecule has 5 nitrogen and oxygen atoms in total. The Morgan fingerprint density at radius 3 is 2.83 bits per heavy atom. The number of carboxylic acids is 1. The fourth-order valence-corrected chi connectivity index (χ4v) is 1.68. The van der Waals surface area contributed by atoms with Crippen molar-refractivity contribution in [1.29, 1.82) is 0 Å². The maximum Gasteiger partial charge on any atom is 0.337 e. The first-order chi connectivity index (χ1) is 8.66. The topological polar surface area (TPSA) is 75.1 Å². The average molecular weight is 264 g/mol. The number of aromatic nitrogens is 2. The van der Waals surface area contributed by atoms with E-state index in [2.05, 4.69) is 15.3 Å². The van der Waals surface area contributed by atoms with Crippen molar-refractivity contribution in [2.24, 2.45) is 0 Å². The number of benzene rings is 1. The predicted octanol–water partition coefficient (Wildman–Crippen LogP) is 2.44. The summed E-state index contributed by atoms with van der Waals surface area (Å²) in [5.74, 6) is -1.04. The van der Waals surface area contributed by atoms with Crippen LogP contribution in [-0.2, 0) is 6.54 Å². The van der Waals surface area contributed by atoms with Gasteiger partial charge in [0.15, 0.2) is 0 Å². The molecule has 0 aliphatic carbocycles. The Morgan fingerprint density at radius 1 is 1.39 bits per heavy atom. The molecule has 1 heterocycles. The minimum absolute atomic E-state index is 0.0873. The smallest absolute Gasteiger partial charge is 0.337 e. The van der Waals surface area contributed by atoms with E-state index in [9.17, 15) is 4.79 Å². The van der Waals surface area contributed by atoms with E-state index in [4.69, 9.17) is 16.7 Å². The highest BCUT2D eigenvalue weighted by Crippen LogP contribution is 2.21. The Morgan fingerprint density at radius 2 is 2.22 bits per heavy atom. The molecule has 0 aliphatic rings. The van der Waals surface area contributed by atoms with Gasteiger partial charge in [0.1, 0.15) is 6.33 Å². The molecule has 0 amide bonds. The molecule has 2 aromatic rings. The largest absolute Gasteiger partial charge is 0.478 e. The maximum absolute atomic E-state index is 10.8. The number of aromatic carboxylic acids is 1. The molecule has 0 spiro atoms. The fourth-order valence-electron chi connectivity index (χ4n) is 1.41. The first-order valence-electron chi connectivity index (χ1n) is 5.18. The molecule has 0 aliphatic heterocycles. The van der Waals surface area contributed by atoms with Gasteiger partial charge in [-0.3, -0.25) is 0 Å². The molecule has 2 N–H and O–H groups in total. The zero-order chi connectivity index (χ0) is 13.0. The van der Waals surface area contributed by atoms with Gasteiger partial charge in [0.05, 0.1) is 22.8 Å². The van der Waals surface area contributed by atoms with E-state index < -0.39 is 5.97 Å². The van der Waals surface area contributed by atoms with Crippen LogP contribution in [0.1, 0.15) is 16.1 Å². The lowest BCUT2D eigenvalue weighted by atomic mass is 10.2. The summed E-state index contributed by atoms with van der Waals surface area (Å²) in [4.78, 5) is 18.7. The number of carboxylic acid groups (broad SMARTS) is 1. The van der Waals surface area contributed by atoms with E-state index in [0.717, 1.165) is 11.4 Å². The average Bonchev–Trinajstić information content (AvgIpc) is 2.37. The van der Waals surface area contributed by atoms with Crippen molar-refractivity contribution < 1.29 is 9.90 Å². The van der Waals surface area contributed by atoms with E-state index in [1.807, 2.05) is 0 Å². The monoisotopic (exact) mass is 263 g/mol. The lowest BCUT2D eigenvalue weighted by molar-refractivity contribution is 0.0697. The van der Waals surface area contributed by atoms with Gasteiger partial charge >= 0.3 is 5.97 Å². The molecular formula is C12H10ClN3O2. The van der Waals surface area contributed by atoms with Gasteiger partial charge in [0, 0.05) is 11.9 Å². The van der Waals surface area contributed by atoms with Gasteiger partial charge in [-0.2, -0.15) is 0 Å². The van der Waals surface area contributed by atoms with Crippen LogP contribution in [0.15, 0.2) is 36.8 Å². The fraction of sp³-hybridized carbons (Fsp3) is 0.0833. The molecule has 0 fully saturated rings. The molecular weight excluding hydrogens is 254 g/mol. The summed E-state index contributed by atoms with van der Waals surface area (Å²) < 4.78 is 0. The van der Waals surface area contributed by atoms with Crippen molar-refractivity contribution in [2.45, 2.75) is 6.54 Å². The normalized spacial score (nSPS) is 10.1. The van der Waals surface area contributed by atoms with Crippen LogP contribution in [0.25, 0.3) is 0 Å². The Kier molecular flexibility index (Phi) is 3.74. The summed E-state index contributed by atoms with van der Waals surface area (Å²) in [6, 6.07) is 6.50. The van der Waals surface area contributed by atoms with Crippen molar-refractivity contribution in [3.8, 4) is 0 Å². The van der Waals surface area contributed by atoms with Crippen LogP contribution in [0.5, 0.6) is 0 Å². The highest BCUT2D eigenvalue weighted by molar-refractivity contribution is 6.33. The zero-order valence-electron chi connectivity index (χ0n) is 9.30. The number of hydrogen-bond acceptors (Lipinski definition) is 4. The molecule has 2 rings (SSSR count). The first kappa shape index (κ1) is 12.3. The number of nitrogens with one attached hydrogen (secondary N) is 1. The zero-order valence-corrected chi connectivity index (χ0v) is 10.1. The van der Waals surface area contributed by atoms with Crippen molar-refractivity contribution in [3.05, 3.63) is 53.1 Å². The molecule has 18 heavy (non-hydrogen) atoms. The van der Waals surface area contributed by atoms with E-state index in [1.165, 1.54) is 12.4 Å². The second-order valence-electron chi connectivity index (χ2n) is 3.55. The second kappa shape index (κ2) is 5.46. The second-order valence-corrected chi connectivity index (χ2v) is 3.96. The quantitative estimate of drug-likeness (QED) is 0.886. The summed E-state index contributed by atoms with van der Waals surface area (Å²) in [7, 11) is 0. The molecule has 92 valence electrons. The Bertz CT molecular complexity index is 561. The minimum Gasteiger partial charge on any atom is -0.478 e. The van der Waals surface area contributed by atoms with Gasteiger partial charge in [-0.15, -0.1) is 0 Å². The van der Waals surface area contributed by atoms with Gasteiger partial charge in [-0.1, -0.05) is 11.6 Å². The third-order valence-corrected chi connectivity index (χ3v) is 2.63. The van der Waals surface area contributed by atoms with E-state index >= 15 is 0 Å². The molecule has 0 atom stereocenters. The summed E-state index contributed by atoms with van der Waals surface area (Å²) in [6.07, 6.45) is 3.13. The van der Waals surface area contributed by atoms with Crippen molar-refractivity contribution in [3.63, 3.8) is 0 Å². The number of hydrogen-bond donors (Lipinski definition) is 2. The van der Waals surface area contributed by atoms with Gasteiger partial charge < -0.3 is 10.4 Å². The van der Waals surface area contributed by atoms with Gasteiger partial charge in [-0.05, 0) is 24.3 Å². The van der Waals surface area contributed by atoms with Crippen molar-refractivity contribution in [2.75, 3.05) is 5.32 Å². The molecule has 6 heteroatoms. The van der Waals surface area contributed by atoms with Crippen LogP contribution < -0.4 is 5.32 Å². The molecule has 1 aromatic heterocycles. The molecule has 0 saturated carbocycles. The lowest BCUT2D eigenvalue weighted by Crippen LogP contribution is -2.03. The molecule has 0 unspecified atom stereocenters. The van der Waals surface area contributed by atoms with Crippen LogP contribution >= 0.6 is 11.6 Å². The number of rotatable bonds is 4. The van der Waals surface area contributed by atoms with Gasteiger partial charge in [0.2, 0.25) is 0 Å². The van der Waals surface area contributed by atoms with Crippen LogP contribution in [0, 0.1) is 0 Å². The lowest BCUT2D eigenvalue weighted by Gasteiger charge is -2.07. The standard InChI is InChI=1S/C12H10ClN3O2/c13-11-5-8(1-2-10(11)12(17)18)15-6-9-3-4-14-7-16-9/h1-5,7,15H,6H2,(H,17,18). The van der Waals surface area contributed by atoms with Crippen LogP contribution in [-0.4, -0.2) is 21.0 Å². The van der Waals surface area contributed by atoms with Gasteiger partial charge in [-0.25, -0.2) is 14.8 Å². The first-order valence-corrected chi connectivity index (χ1v) is 5.56. The number of carbonyl (C=O) groups is 1. The van der Waals surface area contributed by atoms with Crippen LogP contribution in [0.2, 0.25) is 5.02 Å². The van der Waals surface area contributed by atoms with E-state index in [-0.39, 0.29) is 10.6 Å². The number of nitrogens with zero attached hydrogens (tertiary/aromatic N) is 2.